The zero-order valence-electron chi connectivity index (χ0n) is 14.5. The topological polar surface area (TPSA) is 42.3 Å². The van der Waals surface area contributed by atoms with Gasteiger partial charge in [0.2, 0.25) is 5.91 Å². The predicted octanol–water partition coefficient (Wildman–Crippen LogP) is 4.37. The molecule has 1 aromatic heterocycles. The molecule has 132 valence electrons. The van der Waals surface area contributed by atoms with Gasteiger partial charge in [0.1, 0.15) is 5.82 Å². The summed E-state index contributed by atoms with van der Waals surface area (Å²) in [6.07, 6.45) is 2.40. The van der Waals surface area contributed by atoms with Gasteiger partial charge >= 0.3 is 4.87 Å². The molecular weight excluding hydrogens is 364 g/mol. The average molecular weight is 383 g/mol. The smallest absolute Gasteiger partial charge is 0.288 e. The van der Waals surface area contributed by atoms with E-state index in [9.17, 15) is 9.59 Å². The number of carbonyl (C=O) groups is 1. The maximum absolute atomic E-state index is 13.0. The number of anilines is 2. The third-order valence-corrected chi connectivity index (χ3v) is 6.58. The van der Waals surface area contributed by atoms with Gasteiger partial charge in [0.25, 0.3) is 0 Å². The van der Waals surface area contributed by atoms with Crippen LogP contribution >= 0.6 is 23.1 Å². The monoisotopic (exact) mass is 382 g/mol. The molecule has 2 aromatic carbocycles. The Labute approximate surface area is 160 Å². The molecule has 26 heavy (non-hydrogen) atoms. The maximum atomic E-state index is 13.0. The standard InChI is InChI=1S/C20H18N2O2S2/c1-21-19-18(26-20(21)24)16(13-8-10-15(25-2)11-9-13)12-17(23)22(19)14-6-4-3-5-7-14/h3-11,16H,12H2,1-2H3/t16-/m1/s1. The third-order valence-electron chi connectivity index (χ3n) is 4.70. The van der Waals surface area contributed by atoms with Gasteiger partial charge in [0, 0.05) is 24.3 Å². The van der Waals surface area contributed by atoms with Crippen molar-refractivity contribution in [1.29, 1.82) is 0 Å². The number of amides is 1. The molecule has 1 aliphatic rings. The molecular formula is C20H18N2O2S2. The Morgan fingerprint density at radius 2 is 1.73 bits per heavy atom. The van der Waals surface area contributed by atoms with Crippen LogP contribution in [0, 0.1) is 0 Å². The van der Waals surface area contributed by atoms with Crippen LogP contribution in [0.3, 0.4) is 0 Å². The summed E-state index contributed by atoms with van der Waals surface area (Å²) >= 11 is 2.93. The van der Waals surface area contributed by atoms with Crippen LogP contribution in [0.25, 0.3) is 0 Å². The first-order valence-electron chi connectivity index (χ1n) is 8.32. The molecule has 0 N–H and O–H groups in total. The number of thiazole rings is 1. The molecule has 0 saturated carbocycles. The summed E-state index contributed by atoms with van der Waals surface area (Å²) in [5.41, 5.74) is 1.87. The third kappa shape index (κ3) is 2.79. The largest absolute Gasteiger partial charge is 0.308 e. The quantitative estimate of drug-likeness (QED) is 0.632. The van der Waals surface area contributed by atoms with Gasteiger partial charge in [-0.15, -0.1) is 11.8 Å². The van der Waals surface area contributed by atoms with Crippen LogP contribution in [0.1, 0.15) is 22.8 Å². The first-order valence-corrected chi connectivity index (χ1v) is 10.4. The number of benzene rings is 2. The van der Waals surface area contributed by atoms with Gasteiger partial charge in [-0.1, -0.05) is 41.7 Å². The molecule has 6 heteroatoms. The number of rotatable bonds is 3. The van der Waals surface area contributed by atoms with E-state index in [1.807, 2.05) is 36.6 Å². The van der Waals surface area contributed by atoms with Crippen LogP contribution in [-0.4, -0.2) is 16.7 Å². The van der Waals surface area contributed by atoms with Crippen LogP contribution in [0.15, 0.2) is 64.3 Å². The van der Waals surface area contributed by atoms with Crippen LogP contribution in [-0.2, 0) is 11.8 Å². The maximum Gasteiger partial charge on any atom is 0.308 e. The van der Waals surface area contributed by atoms with Crippen LogP contribution < -0.4 is 9.77 Å². The first-order chi connectivity index (χ1) is 12.6. The molecule has 4 rings (SSSR count). The second kappa shape index (κ2) is 6.78. The van der Waals surface area contributed by atoms with Crippen molar-refractivity contribution in [2.24, 2.45) is 7.05 Å². The lowest BCUT2D eigenvalue weighted by molar-refractivity contribution is -0.118. The number of hydrogen-bond donors (Lipinski definition) is 0. The van der Waals surface area contributed by atoms with Gasteiger partial charge in [-0.25, -0.2) is 0 Å². The molecule has 0 spiro atoms. The minimum absolute atomic E-state index is 0.0102. The summed E-state index contributed by atoms with van der Waals surface area (Å²) in [5, 5.41) is 0. The van der Waals surface area contributed by atoms with Gasteiger partial charge < -0.3 is 0 Å². The lowest BCUT2D eigenvalue weighted by Crippen LogP contribution is -2.34. The molecule has 0 fully saturated rings. The van der Waals surface area contributed by atoms with Crippen molar-refractivity contribution < 1.29 is 4.79 Å². The lowest BCUT2D eigenvalue weighted by Gasteiger charge is -2.32. The SMILES string of the molecule is CSc1ccc([C@H]2CC(=O)N(c3ccccc3)c3c2sc(=O)n3C)cc1. The Hall–Kier alpha value is -2.31. The highest BCUT2D eigenvalue weighted by Crippen LogP contribution is 2.44. The zero-order valence-corrected chi connectivity index (χ0v) is 16.1. The van der Waals surface area contributed by atoms with Crippen molar-refractivity contribution in [3.05, 3.63) is 74.7 Å². The highest BCUT2D eigenvalue weighted by atomic mass is 32.2. The molecule has 3 aromatic rings. The van der Waals surface area contributed by atoms with E-state index in [0.717, 1.165) is 16.1 Å². The molecule has 0 saturated heterocycles. The number of para-hydroxylation sites is 1. The number of hydrogen-bond acceptors (Lipinski definition) is 4. The van der Waals surface area contributed by atoms with E-state index >= 15 is 0 Å². The molecule has 4 nitrogen and oxygen atoms in total. The fourth-order valence-corrected chi connectivity index (χ4v) is 4.87. The zero-order chi connectivity index (χ0) is 18.3. The van der Waals surface area contributed by atoms with Crippen molar-refractivity contribution in [2.45, 2.75) is 17.2 Å². The second-order valence-corrected chi connectivity index (χ2v) is 8.08. The summed E-state index contributed by atoms with van der Waals surface area (Å²) in [6.45, 7) is 0. The van der Waals surface area contributed by atoms with E-state index in [2.05, 4.69) is 24.3 Å². The minimum atomic E-state index is -0.0766. The number of thioether (sulfide) groups is 1. The van der Waals surface area contributed by atoms with Crippen molar-refractivity contribution >= 4 is 40.5 Å². The summed E-state index contributed by atoms with van der Waals surface area (Å²) in [7, 11) is 1.74. The normalized spacial score (nSPS) is 16.6. The molecule has 1 atom stereocenters. The lowest BCUT2D eigenvalue weighted by atomic mass is 9.90. The first kappa shape index (κ1) is 17.1. The molecule has 0 unspecified atom stereocenters. The van der Waals surface area contributed by atoms with Gasteiger partial charge in [-0.3, -0.25) is 19.1 Å². The van der Waals surface area contributed by atoms with E-state index in [1.54, 1.807) is 28.3 Å². The van der Waals surface area contributed by atoms with Crippen LogP contribution in [0.4, 0.5) is 11.5 Å². The van der Waals surface area contributed by atoms with E-state index < -0.39 is 0 Å². The Morgan fingerprint density at radius 1 is 1.04 bits per heavy atom. The van der Waals surface area contributed by atoms with E-state index in [4.69, 9.17) is 0 Å². The Morgan fingerprint density at radius 3 is 2.38 bits per heavy atom. The molecule has 1 aliphatic heterocycles. The molecule has 2 heterocycles. The van der Waals surface area contributed by atoms with Crippen molar-refractivity contribution in [3.8, 4) is 0 Å². The Bertz CT molecular complexity index is 1010. The van der Waals surface area contributed by atoms with Crippen molar-refractivity contribution in [2.75, 3.05) is 11.2 Å². The van der Waals surface area contributed by atoms with E-state index in [0.29, 0.717) is 12.2 Å². The molecule has 0 bridgehead atoms. The molecule has 0 radical (unpaired) electrons. The Balaban J connectivity index is 1.86. The molecule has 0 aliphatic carbocycles. The summed E-state index contributed by atoms with van der Waals surface area (Å²) < 4.78 is 1.59. The number of carbonyl (C=O) groups excluding carboxylic acids is 1. The second-order valence-electron chi connectivity index (χ2n) is 6.21. The van der Waals surface area contributed by atoms with Gasteiger partial charge in [-0.05, 0) is 36.1 Å². The number of nitrogens with zero attached hydrogens (tertiary/aromatic N) is 2. The fraction of sp³-hybridized carbons (Fsp3) is 0.200. The van der Waals surface area contributed by atoms with Crippen molar-refractivity contribution in [3.63, 3.8) is 0 Å². The van der Waals surface area contributed by atoms with Gasteiger partial charge in [-0.2, -0.15) is 0 Å². The fourth-order valence-electron chi connectivity index (χ4n) is 3.37. The summed E-state index contributed by atoms with van der Waals surface area (Å²) in [5.74, 6) is 0.629. The van der Waals surface area contributed by atoms with E-state index in [1.165, 1.54) is 16.2 Å². The van der Waals surface area contributed by atoms with Crippen LogP contribution in [0.5, 0.6) is 0 Å². The van der Waals surface area contributed by atoms with Gasteiger partial charge in [0.15, 0.2) is 0 Å². The van der Waals surface area contributed by atoms with E-state index in [-0.39, 0.29) is 16.7 Å². The predicted molar refractivity (Wildman–Crippen MR) is 108 cm³/mol. The number of aromatic nitrogens is 1. The Kier molecular flexibility index (Phi) is 4.46. The van der Waals surface area contributed by atoms with Gasteiger partial charge in [0.05, 0.1) is 10.6 Å². The van der Waals surface area contributed by atoms with Crippen LogP contribution in [0.2, 0.25) is 0 Å². The summed E-state index contributed by atoms with van der Waals surface area (Å²) in [6, 6.07) is 17.8. The highest BCUT2D eigenvalue weighted by molar-refractivity contribution is 7.98. The highest BCUT2D eigenvalue weighted by Gasteiger charge is 2.37. The average Bonchev–Trinajstić information content (AvgIpc) is 2.97. The number of fused-ring (bicyclic) bond motifs is 1. The minimum Gasteiger partial charge on any atom is -0.288 e. The van der Waals surface area contributed by atoms with Crippen molar-refractivity contribution in [1.82, 2.24) is 4.57 Å². The molecule has 1 amide bonds. The summed E-state index contributed by atoms with van der Waals surface area (Å²) in [4.78, 5) is 29.2.